The monoisotopic (exact) mass is 295 g/mol. The van der Waals surface area contributed by atoms with E-state index < -0.39 is 0 Å². The highest BCUT2D eigenvalue weighted by molar-refractivity contribution is 5.42. The maximum Gasteiger partial charge on any atom is 0.160 e. The summed E-state index contributed by atoms with van der Waals surface area (Å²) >= 11 is 0. The maximum atomic E-state index is 5.66. The lowest BCUT2D eigenvalue weighted by Crippen LogP contribution is -2.39. The van der Waals surface area contributed by atoms with Gasteiger partial charge >= 0.3 is 0 Å². The molecule has 0 radical (unpaired) electrons. The van der Waals surface area contributed by atoms with Crippen LogP contribution in [0.1, 0.15) is 5.56 Å². The van der Waals surface area contributed by atoms with Gasteiger partial charge < -0.3 is 23.8 Å². The Labute approximate surface area is 126 Å². The number of benzene rings is 1. The first-order chi connectivity index (χ1) is 10.2. The van der Waals surface area contributed by atoms with Gasteiger partial charge in [0.1, 0.15) is 0 Å². The van der Waals surface area contributed by atoms with Gasteiger partial charge in [0.2, 0.25) is 0 Å². The van der Waals surface area contributed by atoms with Crippen molar-refractivity contribution in [1.29, 1.82) is 0 Å². The molecule has 5 nitrogen and oxygen atoms in total. The molecule has 1 saturated heterocycles. The van der Waals surface area contributed by atoms with E-state index in [1.54, 1.807) is 14.2 Å². The third-order valence-corrected chi connectivity index (χ3v) is 3.63. The first kappa shape index (κ1) is 16.1. The SMILES string of the molecule is COc1ccc(CCN(C)C[C@@H]2COCCO2)cc1OC. The van der Waals surface area contributed by atoms with Crippen molar-refractivity contribution in [2.45, 2.75) is 12.5 Å². The maximum absolute atomic E-state index is 5.66. The molecule has 2 rings (SSSR count). The van der Waals surface area contributed by atoms with E-state index in [1.165, 1.54) is 5.56 Å². The molecule has 1 aliphatic heterocycles. The van der Waals surface area contributed by atoms with E-state index in [0.29, 0.717) is 19.8 Å². The largest absolute Gasteiger partial charge is 0.493 e. The van der Waals surface area contributed by atoms with E-state index in [9.17, 15) is 0 Å². The van der Waals surface area contributed by atoms with Crippen LogP contribution >= 0.6 is 0 Å². The van der Waals surface area contributed by atoms with Crippen molar-refractivity contribution in [3.63, 3.8) is 0 Å². The van der Waals surface area contributed by atoms with Crippen LogP contribution in [0, 0.1) is 0 Å². The molecule has 118 valence electrons. The standard InChI is InChI=1S/C16H25NO4/c1-17(11-14-12-20-8-9-21-14)7-6-13-4-5-15(18-2)16(10-13)19-3/h4-5,10,14H,6-9,11-12H2,1-3H3/t14-/m1/s1. The minimum atomic E-state index is 0.189. The van der Waals surface area contributed by atoms with E-state index in [0.717, 1.165) is 31.0 Å². The summed E-state index contributed by atoms with van der Waals surface area (Å²) in [4.78, 5) is 2.27. The number of hydrogen-bond donors (Lipinski definition) is 0. The second-order valence-electron chi connectivity index (χ2n) is 5.27. The smallest absolute Gasteiger partial charge is 0.160 e. The number of nitrogens with zero attached hydrogens (tertiary/aromatic N) is 1. The summed E-state index contributed by atoms with van der Waals surface area (Å²) in [7, 11) is 5.42. The van der Waals surface area contributed by atoms with Crippen molar-refractivity contribution in [2.24, 2.45) is 0 Å². The molecule has 1 heterocycles. The van der Waals surface area contributed by atoms with Crippen LogP contribution in [0.15, 0.2) is 18.2 Å². The molecule has 1 aromatic carbocycles. The van der Waals surface area contributed by atoms with Crippen LogP contribution in [0.5, 0.6) is 11.5 Å². The molecular formula is C16H25NO4. The molecule has 1 aliphatic rings. The molecule has 0 bridgehead atoms. The summed E-state index contributed by atoms with van der Waals surface area (Å²) < 4.78 is 21.7. The van der Waals surface area contributed by atoms with Crippen LogP contribution in [0.25, 0.3) is 0 Å². The molecular weight excluding hydrogens is 270 g/mol. The molecule has 0 aromatic heterocycles. The molecule has 1 aromatic rings. The third kappa shape index (κ3) is 4.88. The Bertz CT molecular complexity index is 432. The number of rotatable bonds is 7. The van der Waals surface area contributed by atoms with Crippen LogP contribution in [0.4, 0.5) is 0 Å². The Hall–Kier alpha value is -1.30. The van der Waals surface area contributed by atoms with Gasteiger partial charge in [0.05, 0.1) is 40.1 Å². The topological polar surface area (TPSA) is 40.2 Å². The minimum Gasteiger partial charge on any atom is -0.493 e. The van der Waals surface area contributed by atoms with Gasteiger partial charge in [0, 0.05) is 13.1 Å². The Morgan fingerprint density at radius 2 is 2.00 bits per heavy atom. The van der Waals surface area contributed by atoms with Crippen molar-refractivity contribution in [3.8, 4) is 11.5 Å². The predicted octanol–water partition coefficient (Wildman–Crippen LogP) is 1.59. The van der Waals surface area contributed by atoms with Crippen LogP contribution in [-0.4, -0.2) is 65.2 Å². The van der Waals surface area contributed by atoms with Gasteiger partial charge in [0.15, 0.2) is 11.5 Å². The minimum absolute atomic E-state index is 0.189. The molecule has 0 unspecified atom stereocenters. The van der Waals surface area contributed by atoms with Crippen molar-refractivity contribution in [1.82, 2.24) is 4.90 Å². The third-order valence-electron chi connectivity index (χ3n) is 3.63. The Kier molecular flexibility index (Phi) is 6.29. The van der Waals surface area contributed by atoms with Crippen LogP contribution in [0.3, 0.4) is 0 Å². The normalized spacial score (nSPS) is 18.8. The summed E-state index contributed by atoms with van der Waals surface area (Å²) in [6.07, 6.45) is 1.15. The first-order valence-corrected chi connectivity index (χ1v) is 7.31. The van der Waals surface area contributed by atoms with Gasteiger partial charge in [-0.25, -0.2) is 0 Å². The summed E-state index contributed by atoms with van der Waals surface area (Å²) in [6, 6.07) is 6.06. The molecule has 0 aliphatic carbocycles. The van der Waals surface area contributed by atoms with Crippen molar-refractivity contribution < 1.29 is 18.9 Å². The molecule has 1 atom stereocenters. The molecule has 1 fully saturated rings. The molecule has 0 N–H and O–H groups in total. The zero-order valence-electron chi connectivity index (χ0n) is 13.1. The van der Waals surface area contributed by atoms with E-state index in [2.05, 4.69) is 18.0 Å². The summed E-state index contributed by atoms with van der Waals surface area (Å²) in [5, 5.41) is 0. The lowest BCUT2D eigenvalue weighted by atomic mass is 10.1. The fourth-order valence-electron chi connectivity index (χ4n) is 2.44. The van der Waals surface area contributed by atoms with Gasteiger partial charge in [-0.15, -0.1) is 0 Å². The molecule has 0 spiro atoms. The van der Waals surface area contributed by atoms with E-state index >= 15 is 0 Å². The molecule has 0 amide bonds. The average Bonchev–Trinajstić information content (AvgIpc) is 2.53. The average molecular weight is 295 g/mol. The fourth-order valence-corrected chi connectivity index (χ4v) is 2.44. The van der Waals surface area contributed by atoms with Crippen molar-refractivity contribution in [2.75, 3.05) is 54.2 Å². The Balaban J connectivity index is 1.81. The summed E-state index contributed by atoms with van der Waals surface area (Å²) in [5.41, 5.74) is 1.24. The van der Waals surface area contributed by atoms with E-state index in [-0.39, 0.29) is 6.10 Å². The Morgan fingerprint density at radius 3 is 2.67 bits per heavy atom. The van der Waals surface area contributed by atoms with Gasteiger partial charge in [-0.3, -0.25) is 0 Å². The van der Waals surface area contributed by atoms with Crippen molar-refractivity contribution >= 4 is 0 Å². The molecule has 0 saturated carbocycles. The van der Waals surface area contributed by atoms with E-state index in [1.807, 2.05) is 12.1 Å². The Morgan fingerprint density at radius 1 is 1.19 bits per heavy atom. The summed E-state index contributed by atoms with van der Waals surface area (Å²) in [6.45, 7) is 3.98. The zero-order valence-corrected chi connectivity index (χ0v) is 13.1. The molecule has 21 heavy (non-hydrogen) atoms. The lowest BCUT2D eigenvalue weighted by molar-refractivity contribution is -0.0956. The highest BCUT2D eigenvalue weighted by Crippen LogP contribution is 2.27. The second kappa shape index (κ2) is 8.22. The van der Waals surface area contributed by atoms with Gasteiger partial charge in [0.25, 0.3) is 0 Å². The number of likely N-dealkylation sites (N-methyl/N-ethyl adjacent to an activating group) is 1. The van der Waals surface area contributed by atoms with Crippen LogP contribution in [0.2, 0.25) is 0 Å². The fraction of sp³-hybridized carbons (Fsp3) is 0.625. The zero-order chi connectivity index (χ0) is 15.1. The first-order valence-electron chi connectivity index (χ1n) is 7.31. The van der Waals surface area contributed by atoms with Gasteiger partial charge in [-0.1, -0.05) is 6.07 Å². The highest BCUT2D eigenvalue weighted by atomic mass is 16.6. The number of ether oxygens (including phenoxy) is 4. The van der Waals surface area contributed by atoms with Crippen LogP contribution < -0.4 is 9.47 Å². The van der Waals surface area contributed by atoms with Gasteiger partial charge in [-0.2, -0.15) is 0 Å². The number of hydrogen-bond acceptors (Lipinski definition) is 5. The highest BCUT2D eigenvalue weighted by Gasteiger charge is 2.16. The number of methoxy groups -OCH3 is 2. The predicted molar refractivity (Wildman–Crippen MR) is 81.3 cm³/mol. The molecule has 5 heteroatoms. The van der Waals surface area contributed by atoms with Crippen LogP contribution in [-0.2, 0) is 15.9 Å². The van der Waals surface area contributed by atoms with Crippen molar-refractivity contribution in [3.05, 3.63) is 23.8 Å². The lowest BCUT2D eigenvalue weighted by Gasteiger charge is -2.27. The van der Waals surface area contributed by atoms with E-state index in [4.69, 9.17) is 18.9 Å². The second-order valence-corrected chi connectivity index (χ2v) is 5.27. The van der Waals surface area contributed by atoms with Gasteiger partial charge in [-0.05, 0) is 31.2 Å². The summed E-state index contributed by atoms with van der Waals surface area (Å²) in [5.74, 6) is 1.55. The quantitative estimate of drug-likeness (QED) is 0.764.